The standard InChI is InChI=1S/C44H74O13S2Si2/c1-15-21-51-41-35(49-9)27-31(29-37(41)58(45,46)25-23-53-60(11,12)43(3,4)5)33-17-19-39(55-33)57-40-20-18-34(56-40)32-28-36(50-10)42(52-22-16-2)38(30-32)59(47,48)26-24-54-61(13,14)44(6,7)8/h27-30,33-34,39-40H,15-26H2,1-14H3/t33-,34-,39+,40+/m0/s1. The van der Waals surface area contributed by atoms with E-state index in [9.17, 15) is 16.8 Å². The van der Waals surface area contributed by atoms with Crippen LogP contribution in [0.3, 0.4) is 0 Å². The van der Waals surface area contributed by atoms with Crippen molar-refractivity contribution in [3.8, 4) is 23.0 Å². The maximum atomic E-state index is 14.0. The van der Waals surface area contributed by atoms with Gasteiger partial charge in [-0.05, 0) is 97.3 Å². The van der Waals surface area contributed by atoms with E-state index in [-0.39, 0.29) is 56.1 Å². The summed E-state index contributed by atoms with van der Waals surface area (Å²) >= 11 is 0. The van der Waals surface area contributed by atoms with Crippen LogP contribution in [0.1, 0.15) is 117 Å². The molecule has 13 nitrogen and oxygen atoms in total. The Kier molecular flexibility index (Phi) is 17.5. The molecule has 348 valence electrons. The molecule has 0 saturated carbocycles. The molecule has 0 bridgehead atoms. The van der Waals surface area contributed by atoms with E-state index in [4.69, 9.17) is 42.0 Å². The highest BCUT2D eigenvalue weighted by Gasteiger charge is 2.40. The largest absolute Gasteiger partial charge is 0.493 e. The lowest BCUT2D eigenvalue weighted by Crippen LogP contribution is -2.41. The van der Waals surface area contributed by atoms with Gasteiger partial charge in [-0.2, -0.15) is 0 Å². The summed E-state index contributed by atoms with van der Waals surface area (Å²) in [6.07, 6.45) is 1.43. The average molecular weight is 931 g/mol. The van der Waals surface area contributed by atoms with E-state index in [1.807, 2.05) is 13.8 Å². The van der Waals surface area contributed by atoms with Crippen LogP contribution in [0.25, 0.3) is 0 Å². The van der Waals surface area contributed by atoms with Crippen LogP contribution in [0.5, 0.6) is 23.0 Å². The van der Waals surface area contributed by atoms with Gasteiger partial charge in [-0.3, -0.25) is 0 Å². The van der Waals surface area contributed by atoms with Gasteiger partial charge in [-0.25, -0.2) is 16.8 Å². The Morgan fingerprint density at radius 2 is 0.951 bits per heavy atom. The van der Waals surface area contributed by atoms with E-state index in [2.05, 4.69) is 67.7 Å². The molecule has 4 rings (SSSR count). The maximum Gasteiger partial charge on any atom is 0.192 e. The first-order chi connectivity index (χ1) is 28.3. The van der Waals surface area contributed by atoms with Gasteiger partial charge in [-0.15, -0.1) is 0 Å². The van der Waals surface area contributed by atoms with Crippen LogP contribution in [-0.4, -0.2) is 98.2 Å². The highest BCUT2D eigenvalue weighted by Crippen LogP contribution is 2.46. The molecule has 0 spiro atoms. The normalized spacial score (nSPS) is 20.6. The average Bonchev–Trinajstić information content (AvgIpc) is 3.84. The second-order valence-electron chi connectivity index (χ2n) is 19.1. The van der Waals surface area contributed by atoms with Crippen LogP contribution in [0.15, 0.2) is 34.1 Å². The van der Waals surface area contributed by atoms with Gasteiger partial charge in [0.15, 0.2) is 71.9 Å². The molecule has 0 N–H and O–H groups in total. The lowest BCUT2D eigenvalue weighted by atomic mass is 10.1. The highest BCUT2D eigenvalue weighted by atomic mass is 32.2. The third-order valence-corrected chi connectivity index (χ3v) is 24.8. The van der Waals surface area contributed by atoms with Crippen molar-refractivity contribution in [1.29, 1.82) is 0 Å². The Labute approximate surface area is 368 Å². The molecule has 17 heteroatoms. The Bertz CT molecular complexity index is 1850. The van der Waals surface area contributed by atoms with E-state index >= 15 is 0 Å². The number of rotatable bonds is 22. The predicted octanol–water partition coefficient (Wildman–Crippen LogP) is 9.94. The molecule has 2 aliphatic rings. The topological polar surface area (TPSA) is 151 Å². The van der Waals surface area contributed by atoms with Gasteiger partial charge in [0.1, 0.15) is 9.79 Å². The summed E-state index contributed by atoms with van der Waals surface area (Å²) in [5.74, 6) is 0.602. The Hall–Kier alpha value is -2.23. The maximum absolute atomic E-state index is 14.0. The van der Waals surface area contributed by atoms with Crippen LogP contribution in [-0.2, 0) is 42.7 Å². The monoisotopic (exact) mass is 930 g/mol. The van der Waals surface area contributed by atoms with Gasteiger partial charge in [-0.1, -0.05) is 55.4 Å². The molecule has 2 aromatic carbocycles. The molecule has 4 atom stereocenters. The van der Waals surface area contributed by atoms with Gasteiger partial charge in [0.25, 0.3) is 0 Å². The fourth-order valence-corrected chi connectivity index (χ4v) is 11.5. The van der Waals surface area contributed by atoms with Crippen LogP contribution in [0.2, 0.25) is 36.3 Å². The van der Waals surface area contributed by atoms with E-state index in [0.717, 1.165) is 0 Å². The van der Waals surface area contributed by atoms with Gasteiger partial charge in [0.2, 0.25) is 0 Å². The molecule has 2 fully saturated rings. The van der Waals surface area contributed by atoms with Crippen molar-refractivity contribution < 1.29 is 58.8 Å². The molecule has 0 amide bonds. The molecular formula is C44H74O13S2Si2. The summed E-state index contributed by atoms with van der Waals surface area (Å²) in [4.78, 5) is 0.102. The van der Waals surface area contributed by atoms with Crippen molar-refractivity contribution in [3.05, 3.63) is 35.4 Å². The van der Waals surface area contributed by atoms with Crippen molar-refractivity contribution in [3.63, 3.8) is 0 Å². The van der Waals surface area contributed by atoms with Crippen molar-refractivity contribution >= 4 is 36.3 Å². The number of hydrogen-bond acceptors (Lipinski definition) is 13. The summed E-state index contributed by atoms with van der Waals surface area (Å²) < 4.78 is 111. The molecule has 2 heterocycles. The van der Waals surface area contributed by atoms with Gasteiger partial charge in [0, 0.05) is 26.1 Å². The number of benzene rings is 2. The second-order valence-corrected chi connectivity index (χ2v) is 32.8. The molecule has 0 aliphatic carbocycles. The lowest BCUT2D eigenvalue weighted by Gasteiger charge is -2.36. The minimum Gasteiger partial charge on any atom is -0.493 e. The van der Waals surface area contributed by atoms with E-state index < -0.39 is 61.1 Å². The lowest BCUT2D eigenvalue weighted by molar-refractivity contribution is -0.234. The fourth-order valence-electron chi connectivity index (χ4n) is 6.56. The van der Waals surface area contributed by atoms with Crippen LogP contribution < -0.4 is 18.9 Å². The summed E-state index contributed by atoms with van der Waals surface area (Å²) in [6.45, 7) is 25.8. The first-order valence-electron chi connectivity index (χ1n) is 21.7. The van der Waals surface area contributed by atoms with Gasteiger partial charge >= 0.3 is 0 Å². The molecule has 0 radical (unpaired) electrons. The highest BCUT2D eigenvalue weighted by molar-refractivity contribution is 7.91. The quantitative estimate of drug-likeness (QED) is 0.103. The van der Waals surface area contributed by atoms with E-state index in [1.54, 1.807) is 24.3 Å². The number of methoxy groups -OCH3 is 2. The molecule has 2 aromatic rings. The predicted molar refractivity (Wildman–Crippen MR) is 243 cm³/mol. The zero-order chi connectivity index (χ0) is 45.6. The minimum absolute atomic E-state index is 0.0510. The van der Waals surface area contributed by atoms with Gasteiger partial charge < -0.3 is 42.0 Å². The molecular weight excluding hydrogens is 857 g/mol. The molecule has 0 aromatic heterocycles. The smallest absolute Gasteiger partial charge is 0.192 e. The number of hydrogen-bond donors (Lipinski definition) is 0. The van der Waals surface area contributed by atoms with Crippen LogP contribution in [0, 0.1) is 0 Å². The molecule has 2 aliphatic heterocycles. The molecule has 0 unspecified atom stereocenters. The number of ether oxygens (including phenoxy) is 7. The van der Waals surface area contributed by atoms with E-state index in [0.29, 0.717) is 74.4 Å². The summed E-state index contributed by atoms with van der Waals surface area (Å²) in [6, 6.07) is 6.82. The van der Waals surface area contributed by atoms with Crippen molar-refractivity contribution in [2.75, 3.05) is 52.2 Å². The number of sulfone groups is 2. The summed E-state index contributed by atoms with van der Waals surface area (Å²) in [5, 5.41) is -0.123. The summed E-state index contributed by atoms with van der Waals surface area (Å²) in [7, 11) is -9.07. The first-order valence-corrected chi connectivity index (χ1v) is 30.8. The molecule has 2 saturated heterocycles. The summed E-state index contributed by atoms with van der Waals surface area (Å²) in [5.41, 5.74) is 1.28. The zero-order valence-electron chi connectivity index (χ0n) is 39.2. The van der Waals surface area contributed by atoms with Crippen molar-refractivity contribution in [2.24, 2.45) is 0 Å². The fraction of sp³-hybridized carbons (Fsp3) is 0.727. The van der Waals surface area contributed by atoms with Gasteiger partial charge in [0.05, 0.1) is 51.1 Å². The Morgan fingerprint density at radius 3 is 1.26 bits per heavy atom. The minimum atomic E-state index is -3.85. The second kappa shape index (κ2) is 20.7. The first kappa shape index (κ1) is 51.4. The van der Waals surface area contributed by atoms with Crippen molar-refractivity contribution in [1.82, 2.24) is 0 Å². The SMILES string of the molecule is CCCOc1c(OC)cc([C@@H]2CC[C@@H](O[C@@H]3CC[C@@H](c4cc(OC)c(OCCC)c(S(=O)(=O)CCO[Si](C)(C)C(C)(C)C)c4)O3)O2)cc1S(=O)(=O)CCO[Si](C)(C)C(C)(C)C. The Balaban J connectivity index is 1.51. The van der Waals surface area contributed by atoms with Crippen molar-refractivity contribution in [2.45, 2.75) is 165 Å². The third-order valence-electron chi connectivity index (χ3n) is 12.3. The van der Waals surface area contributed by atoms with E-state index in [1.165, 1.54) is 14.2 Å². The van der Waals surface area contributed by atoms with Crippen LogP contribution >= 0.6 is 0 Å². The van der Waals surface area contributed by atoms with Crippen LogP contribution in [0.4, 0.5) is 0 Å². The Morgan fingerprint density at radius 1 is 0.590 bits per heavy atom. The zero-order valence-corrected chi connectivity index (χ0v) is 42.9. The third kappa shape index (κ3) is 13.0. The molecule has 61 heavy (non-hydrogen) atoms.